The minimum Gasteiger partial charge on any atom is -0.497 e. The van der Waals surface area contributed by atoms with Crippen molar-refractivity contribution < 1.29 is 32.8 Å². The molecular formula is C28H38O7. The maximum atomic E-state index is 6.54. The number of hydrogen-bond donors (Lipinski definition) is 0. The van der Waals surface area contributed by atoms with Gasteiger partial charge in [0.25, 0.3) is 0 Å². The van der Waals surface area contributed by atoms with E-state index in [0.29, 0.717) is 26.2 Å². The van der Waals surface area contributed by atoms with Gasteiger partial charge in [-0.1, -0.05) is 25.5 Å². The lowest BCUT2D eigenvalue weighted by Gasteiger charge is -2.26. The van der Waals surface area contributed by atoms with Crippen LogP contribution in [-0.4, -0.2) is 56.6 Å². The van der Waals surface area contributed by atoms with E-state index in [1.54, 1.807) is 13.4 Å². The molecule has 0 N–H and O–H groups in total. The quantitative estimate of drug-likeness (QED) is 0.373. The first-order valence-corrected chi connectivity index (χ1v) is 12.5. The molecule has 1 unspecified atom stereocenters. The van der Waals surface area contributed by atoms with Crippen molar-refractivity contribution in [1.29, 1.82) is 0 Å². The van der Waals surface area contributed by atoms with Gasteiger partial charge in [0.15, 0.2) is 5.79 Å². The van der Waals surface area contributed by atoms with E-state index in [-0.39, 0.29) is 30.5 Å². The SMILES string of the molecule is CCCCO[C@@H]1[C@@H](OCc2ccc(OC)cc2)[C@@H](/C=C/c2ccco2)O[C@@H]1CC1COC(C)(C)O1. The van der Waals surface area contributed by atoms with Gasteiger partial charge in [-0.05, 0) is 62.2 Å². The highest BCUT2D eigenvalue weighted by Crippen LogP contribution is 2.34. The smallest absolute Gasteiger partial charge is 0.163 e. The van der Waals surface area contributed by atoms with E-state index in [4.69, 9.17) is 32.8 Å². The van der Waals surface area contributed by atoms with Crippen LogP contribution >= 0.6 is 0 Å². The van der Waals surface area contributed by atoms with Crippen molar-refractivity contribution in [2.24, 2.45) is 0 Å². The lowest BCUT2D eigenvalue weighted by molar-refractivity contribution is -0.144. The van der Waals surface area contributed by atoms with Crippen LogP contribution in [0.4, 0.5) is 0 Å². The van der Waals surface area contributed by atoms with Crippen LogP contribution in [0.2, 0.25) is 0 Å². The van der Waals surface area contributed by atoms with Crippen LogP contribution in [0.15, 0.2) is 53.2 Å². The maximum absolute atomic E-state index is 6.54. The van der Waals surface area contributed by atoms with E-state index in [9.17, 15) is 0 Å². The standard InChI is InChI=1S/C28H38O7/c1-5-6-15-31-27-25(17-23-19-33-28(2,3)35-23)34-24(14-13-22-8-7-16-30-22)26(27)32-18-20-9-11-21(29-4)12-10-20/h7-14,16,23-27H,5-6,15,17-19H2,1-4H3/b14-13+/t23?,24-,25-,26+,27+/m1/s1. The summed E-state index contributed by atoms with van der Waals surface area (Å²) >= 11 is 0. The van der Waals surface area contributed by atoms with Crippen molar-refractivity contribution in [2.75, 3.05) is 20.3 Å². The monoisotopic (exact) mass is 486 g/mol. The summed E-state index contributed by atoms with van der Waals surface area (Å²) in [6.45, 7) is 7.68. The molecule has 2 fully saturated rings. The second kappa shape index (κ2) is 12.2. The molecule has 1 aromatic heterocycles. The lowest BCUT2D eigenvalue weighted by Crippen LogP contribution is -2.39. The molecule has 35 heavy (non-hydrogen) atoms. The predicted octanol–water partition coefficient (Wildman–Crippen LogP) is 5.38. The molecule has 7 nitrogen and oxygen atoms in total. The number of furan rings is 1. The second-order valence-corrected chi connectivity index (χ2v) is 9.51. The molecule has 0 amide bonds. The van der Waals surface area contributed by atoms with Gasteiger partial charge < -0.3 is 32.8 Å². The average Bonchev–Trinajstić information content (AvgIpc) is 3.57. The average molecular weight is 487 g/mol. The zero-order chi connectivity index (χ0) is 24.7. The Balaban J connectivity index is 1.51. The van der Waals surface area contributed by atoms with Crippen LogP contribution in [0.3, 0.4) is 0 Å². The van der Waals surface area contributed by atoms with Gasteiger partial charge in [0.1, 0.15) is 29.8 Å². The van der Waals surface area contributed by atoms with E-state index in [1.165, 1.54) is 0 Å². The Hall–Kier alpha value is -2.16. The Morgan fingerprint density at radius 3 is 2.57 bits per heavy atom. The molecule has 4 rings (SSSR count). The third-order valence-corrected chi connectivity index (χ3v) is 6.31. The molecule has 2 saturated heterocycles. The van der Waals surface area contributed by atoms with Crippen molar-refractivity contribution in [3.05, 3.63) is 60.1 Å². The molecule has 2 aliphatic heterocycles. The van der Waals surface area contributed by atoms with Gasteiger partial charge in [0, 0.05) is 13.0 Å². The van der Waals surface area contributed by atoms with Crippen molar-refractivity contribution >= 4 is 6.08 Å². The highest BCUT2D eigenvalue weighted by atomic mass is 16.7. The van der Waals surface area contributed by atoms with E-state index >= 15 is 0 Å². The number of ether oxygens (including phenoxy) is 6. The number of unbranched alkanes of at least 4 members (excludes halogenated alkanes) is 1. The van der Waals surface area contributed by atoms with Crippen LogP contribution in [0.5, 0.6) is 5.75 Å². The Morgan fingerprint density at radius 1 is 1.09 bits per heavy atom. The summed E-state index contributed by atoms with van der Waals surface area (Å²) in [6.07, 6.45) is 7.29. The fraction of sp³-hybridized carbons (Fsp3) is 0.571. The number of methoxy groups -OCH3 is 1. The molecule has 0 radical (unpaired) electrons. The molecule has 2 aliphatic rings. The molecule has 1 aromatic carbocycles. The molecule has 192 valence electrons. The van der Waals surface area contributed by atoms with Gasteiger partial charge in [-0.15, -0.1) is 0 Å². The van der Waals surface area contributed by atoms with Crippen LogP contribution in [-0.2, 0) is 30.3 Å². The van der Waals surface area contributed by atoms with Crippen molar-refractivity contribution in [1.82, 2.24) is 0 Å². The van der Waals surface area contributed by atoms with E-state index < -0.39 is 5.79 Å². The molecule has 0 spiro atoms. The summed E-state index contributed by atoms with van der Waals surface area (Å²) in [7, 11) is 1.66. The molecule has 0 saturated carbocycles. The highest BCUT2D eigenvalue weighted by molar-refractivity contribution is 5.43. The zero-order valence-electron chi connectivity index (χ0n) is 21.2. The molecular weight excluding hydrogens is 448 g/mol. The first-order chi connectivity index (χ1) is 17.0. The normalized spacial score (nSPS) is 28.2. The van der Waals surface area contributed by atoms with Gasteiger partial charge in [-0.25, -0.2) is 0 Å². The van der Waals surface area contributed by atoms with E-state index in [2.05, 4.69) is 6.92 Å². The fourth-order valence-corrected chi connectivity index (χ4v) is 4.48. The number of rotatable bonds is 12. The number of hydrogen-bond acceptors (Lipinski definition) is 7. The van der Waals surface area contributed by atoms with Crippen molar-refractivity contribution in [2.45, 2.75) is 82.9 Å². The van der Waals surface area contributed by atoms with Gasteiger partial charge in [-0.2, -0.15) is 0 Å². The largest absolute Gasteiger partial charge is 0.497 e. The zero-order valence-corrected chi connectivity index (χ0v) is 21.2. The Labute approximate surface area is 208 Å². The summed E-state index contributed by atoms with van der Waals surface area (Å²) in [6, 6.07) is 11.7. The van der Waals surface area contributed by atoms with Crippen LogP contribution in [0.25, 0.3) is 6.08 Å². The molecule has 5 atom stereocenters. The summed E-state index contributed by atoms with van der Waals surface area (Å²) in [4.78, 5) is 0. The lowest BCUT2D eigenvalue weighted by atomic mass is 10.0. The third-order valence-electron chi connectivity index (χ3n) is 6.31. The molecule has 0 bridgehead atoms. The topological polar surface area (TPSA) is 68.5 Å². The highest BCUT2D eigenvalue weighted by Gasteiger charge is 2.47. The van der Waals surface area contributed by atoms with Crippen molar-refractivity contribution in [3.63, 3.8) is 0 Å². The summed E-state index contributed by atoms with van der Waals surface area (Å²) in [5, 5.41) is 0. The molecule has 2 aromatic rings. The molecule has 7 heteroatoms. The van der Waals surface area contributed by atoms with Gasteiger partial charge in [0.2, 0.25) is 0 Å². The van der Waals surface area contributed by atoms with Gasteiger partial charge in [-0.3, -0.25) is 0 Å². The van der Waals surface area contributed by atoms with Crippen LogP contribution in [0, 0.1) is 0 Å². The fourth-order valence-electron chi connectivity index (χ4n) is 4.48. The van der Waals surface area contributed by atoms with Crippen LogP contribution in [0.1, 0.15) is 51.4 Å². The Bertz CT molecular complexity index is 906. The number of benzene rings is 1. The third kappa shape index (κ3) is 7.18. The first kappa shape index (κ1) is 25.9. The van der Waals surface area contributed by atoms with Crippen molar-refractivity contribution in [3.8, 4) is 5.75 Å². The second-order valence-electron chi connectivity index (χ2n) is 9.51. The minimum atomic E-state index is -0.579. The Kier molecular flexibility index (Phi) is 9.03. The Morgan fingerprint density at radius 2 is 1.91 bits per heavy atom. The van der Waals surface area contributed by atoms with Gasteiger partial charge in [0.05, 0.1) is 38.8 Å². The first-order valence-electron chi connectivity index (χ1n) is 12.5. The van der Waals surface area contributed by atoms with E-state index in [0.717, 1.165) is 29.9 Å². The maximum Gasteiger partial charge on any atom is 0.163 e. The van der Waals surface area contributed by atoms with Crippen LogP contribution < -0.4 is 4.74 Å². The predicted molar refractivity (Wildman–Crippen MR) is 132 cm³/mol. The molecule has 0 aliphatic carbocycles. The summed E-state index contributed by atoms with van der Waals surface area (Å²) in [5.74, 6) is 1.01. The molecule has 3 heterocycles. The van der Waals surface area contributed by atoms with E-state index in [1.807, 2.05) is 62.4 Å². The minimum absolute atomic E-state index is 0.0534. The summed E-state index contributed by atoms with van der Waals surface area (Å²) in [5.41, 5.74) is 1.06. The summed E-state index contributed by atoms with van der Waals surface area (Å²) < 4.78 is 42.0. The van der Waals surface area contributed by atoms with Gasteiger partial charge >= 0.3 is 0 Å².